The summed E-state index contributed by atoms with van der Waals surface area (Å²) in [5.41, 5.74) is -0.559. The molecular weight excluding hydrogens is 203 g/mol. The number of carbonyl (C=O) groups excluding carboxylic acids is 1. The summed E-state index contributed by atoms with van der Waals surface area (Å²) < 4.78 is 18.9. The maximum absolute atomic E-state index is 13.4. The van der Waals surface area contributed by atoms with Gasteiger partial charge in [0.15, 0.2) is 0 Å². The largest absolute Gasteiger partial charge is 0.464 e. The lowest BCUT2D eigenvalue weighted by atomic mass is 10.2. The Bertz CT molecular complexity index is 416. The molecule has 0 saturated carbocycles. The first-order valence-corrected chi connectivity index (χ1v) is 4.40. The van der Waals surface area contributed by atoms with Crippen LogP contribution < -0.4 is 5.56 Å². The Kier molecular flexibility index (Phi) is 3.54. The smallest absolute Gasteiger partial charge is 0.345 e. The van der Waals surface area contributed by atoms with Gasteiger partial charge in [0.2, 0.25) is 6.17 Å². The first kappa shape index (κ1) is 11.4. The van der Waals surface area contributed by atoms with Crippen LogP contribution in [0.5, 0.6) is 0 Å². The molecule has 0 radical (unpaired) electrons. The van der Waals surface area contributed by atoms with Crippen molar-refractivity contribution in [2.45, 2.75) is 13.1 Å². The Balaban J connectivity index is 2.92. The minimum absolute atomic E-state index is 0.0865. The Morgan fingerprint density at radius 2 is 2.40 bits per heavy atom. The fraction of sp³-hybridized carbons (Fsp3) is 0.444. The summed E-state index contributed by atoms with van der Waals surface area (Å²) in [5, 5.41) is 3.60. The molecule has 1 atom stereocenters. The summed E-state index contributed by atoms with van der Waals surface area (Å²) in [6, 6.07) is 1.02. The van der Waals surface area contributed by atoms with Crippen molar-refractivity contribution < 1.29 is 13.9 Å². The Hall–Kier alpha value is -1.72. The first-order chi connectivity index (χ1) is 7.06. The topological polar surface area (TPSA) is 61.2 Å². The van der Waals surface area contributed by atoms with Gasteiger partial charge < -0.3 is 4.74 Å². The molecule has 1 rings (SSSR count). The Labute approximate surface area is 85.5 Å². The van der Waals surface area contributed by atoms with Crippen LogP contribution in [0.3, 0.4) is 0 Å². The summed E-state index contributed by atoms with van der Waals surface area (Å²) in [5.74, 6) is -1.01. The number of nitrogens with zero attached hydrogens (tertiary/aromatic N) is 2. The van der Waals surface area contributed by atoms with Crippen molar-refractivity contribution in [3.05, 3.63) is 28.2 Å². The van der Waals surface area contributed by atoms with E-state index in [1.54, 1.807) is 6.92 Å². The van der Waals surface area contributed by atoms with Gasteiger partial charge in [-0.1, -0.05) is 0 Å². The third-order valence-electron chi connectivity index (χ3n) is 1.78. The van der Waals surface area contributed by atoms with Gasteiger partial charge in [-0.25, -0.2) is 13.9 Å². The van der Waals surface area contributed by atoms with Gasteiger partial charge >= 0.3 is 5.97 Å². The van der Waals surface area contributed by atoms with E-state index in [1.165, 1.54) is 7.05 Å². The van der Waals surface area contributed by atoms with Crippen LogP contribution in [0.25, 0.3) is 0 Å². The van der Waals surface area contributed by atoms with Crippen LogP contribution in [-0.2, 0) is 16.6 Å². The number of aryl methyl sites for hydroxylation is 1. The van der Waals surface area contributed by atoms with Crippen LogP contribution in [0.1, 0.15) is 18.7 Å². The minimum atomic E-state index is -1.95. The average Bonchev–Trinajstić information content (AvgIpc) is 2.21. The van der Waals surface area contributed by atoms with E-state index in [-0.39, 0.29) is 12.2 Å². The van der Waals surface area contributed by atoms with Gasteiger partial charge in [-0.05, 0) is 6.92 Å². The molecule has 1 aromatic rings. The number of ether oxygens (including phenoxy) is 1. The van der Waals surface area contributed by atoms with E-state index in [0.717, 1.165) is 16.9 Å². The fourth-order valence-electron chi connectivity index (χ4n) is 0.974. The van der Waals surface area contributed by atoms with Crippen LogP contribution in [0.15, 0.2) is 17.1 Å². The molecule has 0 N–H and O–H groups in total. The van der Waals surface area contributed by atoms with E-state index in [9.17, 15) is 14.0 Å². The predicted molar refractivity (Wildman–Crippen MR) is 50.0 cm³/mol. The monoisotopic (exact) mass is 214 g/mol. The van der Waals surface area contributed by atoms with Crippen molar-refractivity contribution in [3.63, 3.8) is 0 Å². The van der Waals surface area contributed by atoms with Crippen molar-refractivity contribution in [2.75, 3.05) is 6.61 Å². The number of hydrogen-bond acceptors (Lipinski definition) is 4. The third kappa shape index (κ3) is 2.61. The Morgan fingerprint density at radius 1 is 1.73 bits per heavy atom. The molecule has 0 spiro atoms. The SMILES string of the molecule is CCOC(=O)C(F)c1cnn(C)c(=O)c1. The van der Waals surface area contributed by atoms with E-state index in [1.807, 2.05) is 0 Å². The summed E-state index contributed by atoms with van der Waals surface area (Å²) in [7, 11) is 1.43. The van der Waals surface area contributed by atoms with Crippen molar-refractivity contribution in [1.29, 1.82) is 0 Å². The number of alkyl halides is 1. The molecule has 0 bridgehead atoms. The highest BCUT2D eigenvalue weighted by Gasteiger charge is 2.21. The molecule has 0 aliphatic carbocycles. The van der Waals surface area contributed by atoms with Gasteiger partial charge in [-0.3, -0.25) is 4.79 Å². The second-order valence-corrected chi connectivity index (χ2v) is 2.87. The van der Waals surface area contributed by atoms with Gasteiger partial charge in [-0.2, -0.15) is 5.10 Å². The van der Waals surface area contributed by atoms with Crippen LogP contribution in [0.4, 0.5) is 4.39 Å². The van der Waals surface area contributed by atoms with Crippen molar-refractivity contribution in [2.24, 2.45) is 7.05 Å². The van der Waals surface area contributed by atoms with E-state index in [0.29, 0.717) is 0 Å². The number of halogens is 1. The summed E-state index contributed by atoms with van der Waals surface area (Å²) >= 11 is 0. The zero-order valence-electron chi connectivity index (χ0n) is 8.44. The lowest BCUT2D eigenvalue weighted by Crippen LogP contribution is -2.21. The molecule has 1 heterocycles. The van der Waals surface area contributed by atoms with Crippen LogP contribution >= 0.6 is 0 Å². The average molecular weight is 214 g/mol. The van der Waals surface area contributed by atoms with Gasteiger partial charge in [0.05, 0.1) is 12.8 Å². The normalized spacial score (nSPS) is 12.2. The van der Waals surface area contributed by atoms with E-state index in [4.69, 9.17) is 0 Å². The molecule has 82 valence electrons. The molecule has 0 amide bonds. The first-order valence-electron chi connectivity index (χ1n) is 4.40. The zero-order valence-corrected chi connectivity index (χ0v) is 8.44. The number of esters is 1. The lowest BCUT2D eigenvalue weighted by molar-refractivity contribution is -0.149. The molecule has 0 aliphatic rings. The van der Waals surface area contributed by atoms with Crippen LogP contribution in [0, 0.1) is 0 Å². The fourth-order valence-corrected chi connectivity index (χ4v) is 0.974. The second-order valence-electron chi connectivity index (χ2n) is 2.87. The predicted octanol–water partition coefficient (Wildman–Crippen LogP) is 0.354. The highest BCUT2D eigenvalue weighted by Crippen LogP contribution is 2.15. The number of aromatic nitrogens is 2. The van der Waals surface area contributed by atoms with Crippen molar-refractivity contribution in [1.82, 2.24) is 9.78 Å². The molecule has 15 heavy (non-hydrogen) atoms. The third-order valence-corrected chi connectivity index (χ3v) is 1.78. The summed E-state index contributed by atoms with van der Waals surface area (Å²) in [6.07, 6.45) is -0.824. The van der Waals surface area contributed by atoms with Crippen molar-refractivity contribution in [3.8, 4) is 0 Å². The van der Waals surface area contributed by atoms with E-state index < -0.39 is 17.7 Å². The molecule has 0 saturated heterocycles. The molecule has 1 aromatic heterocycles. The summed E-state index contributed by atoms with van der Waals surface area (Å²) in [6.45, 7) is 1.67. The standard InChI is InChI=1S/C9H11FN2O3/c1-3-15-9(14)8(10)6-4-7(13)12(2)11-5-6/h4-5,8H,3H2,1-2H3. The highest BCUT2D eigenvalue weighted by atomic mass is 19.1. The quantitative estimate of drug-likeness (QED) is 0.681. The highest BCUT2D eigenvalue weighted by molar-refractivity contribution is 5.76. The van der Waals surface area contributed by atoms with Gasteiger partial charge in [-0.15, -0.1) is 0 Å². The molecule has 0 aliphatic heterocycles. The number of rotatable bonds is 3. The van der Waals surface area contributed by atoms with Crippen LogP contribution in [-0.4, -0.2) is 22.4 Å². The van der Waals surface area contributed by atoms with Crippen LogP contribution in [0.2, 0.25) is 0 Å². The number of carbonyl (C=O) groups is 1. The molecule has 0 fully saturated rings. The van der Waals surface area contributed by atoms with E-state index in [2.05, 4.69) is 9.84 Å². The van der Waals surface area contributed by atoms with Gasteiger partial charge in [0.25, 0.3) is 5.56 Å². The molecule has 5 nitrogen and oxygen atoms in total. The van der Waals surface area contributed by atoms with Crippen molar-refractivity contribution >= 4 is 5.97 Å². The Morgan fingerprint density at radius 3 is 2.93 bits per heavy atom. The molecular formula is C9H11FN2O3. The summed E-state index contributed by atoms with van der Waals surface area (Å²) in [4.78, 5) is 22.1. The lowest BCUT2D eigenvalue weighted by Gasteiger charge is -2.07. The number of hydrogen-bond donors (Lipinski definition) is 0. The van der Waals surface area contributed by atoms with Gasteiger partial charge in [0.1, 0.15) is 0 Å². The van der Waals surface area contributed by atoms with Gasteiger partial charge in [0, 0.05) is 18.7 Å². The molecule has 6 heteroatoms. The maximum Gasteiger partial charge on any atom is 0.345 e. The zero-order chi connectivity index (χ0) is 11.4. The van der Waals surface area contributed by atoms with E-state index >= 15 is 0 Å². The minimum Gasteiger partial charge on any atom is -0.464 e. The molecule has 0 aromatic carbocycles. The molecule has 1 unspecified atom stereocenters. The maximum atomic E-state index is 13.4. The second kappa shape index (κ2) is 4.68.